The van der Waals surface area contributed by atoms with E-state index < -0.39 is 40.3 Å². The predicted octanol–water partition coefficient (Wildman–Crippen LogP) is 1.63. The van der Waals surface area contributed by atoms with Gasteiger partial charge in [0.1, 0.15) is 17.6 Å². The number of carbonyl (C=O) groups is 1. The molecule has 4 rings (SSSR count). The molecule has 1 saturated heterocycles. The molecule has 0 radical (unpaired) electrons. The molecular weight excluding hydrogens is 513 g/mol. The molecule has 0 bridgehead atoms. The number of phosphoric acid groups is 2. The van der Waals surface area contributed by atoms with Crippen molar-refractivity contribution in [3.8, 4) is 22.6 Å². The molecule has 186 valence electrons. The van der Waals surface area contributed by atoms with Gasteiger partial charge in [-0.2, -0.15) is 9.11 Å². The molecule has 2 atom stereocenters. The van der Waals surface area contributed by atoms with E-state index in [9.17, 15) is 23.2 Å². The molecule has 3 heterocycles. The summed E-state index contributed by atoms with van der Waals surface area (Å²) in [4.78, 5) is 45.3. The Morgan fingerprint density at radius 1 is 1.23 bits per heavy atom. The Hall–Kier alpha value is -3.10. The zero-order valence-electron chi connectivity index (χ0n) is 17.7. The molecule has 1 aliphatic heterocycles. The molecule has 1 fully saturated rings. The smallest absolute Gasteiger partial charge is 0.441 e. The van der Waals surface area contributed by atoms with Crippen molar-refractivity contribution in [2.24, 2.45) is 7.05 Å². The molecule has 35 heavy (non-hydrogen) atoms. The number of rotatable bonds is 8. The Labute approximate surface area is 195 Å². The van der Waals surface area contributed by atoms with Crippen molar-refractivity contribution in [1.82, 2.24) is 25.2 Å². The normalized spacial score (nSPS) is 17.9. The van der Waals surface area contributed by atoms with E-state index in [2.05, 4.69) is 29.2 Å². The highest BCUT2D eigenvalue weighted by Crippen LogP contribution is 2.57. The number of tetrazole rings is 1. The van der Waals surface area contributed by atoms with Gasteiger partial charge in [0.2, 0.25) is 5.82 Å². The van der Waals surface area contributed by atoms with Crippen LogP contribution in [0, 0.1) is 5.82 Å². The van der Waals surface area contributed by atoms with Crippen LogP contribution in [0.1, 0.15) is 0 Å². The van der Waals surface area contributed by atoms with Crippen LogP contribution >= 0.6 is 15.6 Å². The third kappa shape index (κ3) is 6.13. The molecule has 18 heteroatoms. The second kappa shape index (κ2) is 9.51. The van der Waals surface area contributed by atoms with E-state index in [0.717, 1.165) is 11.0 Å². The highest BCUT2D eigenvalue weighted by atomic mass is 31.3. The van der Waals surface area contributed by atoms with Crippen LogP contribution in [0.15, 0.2) is 36.5 Å². The summed E-state index contributed by atoms with van der Waals surface area (Å²) in [6.07, 6.45) is -0.525. The van der Waals surface area contributed by atoms with Crippen LogP contribution in [0.4, 0.5) is 14.9 Å². The van der Waals surface area contributed by atoms with E-state index in [1.807, 2.05) is 0 Å². The number of hydrogen-bond acceptors (Lipinski definition) is 10. The number of amides is 1. The molecule has 1 amide bonds. The SMILES string of the molecule is Cn1nnc(-c2ccc(-c3ccc(N4C[C@@H](COP(=O)(O)OP(=O)(O)O)OC4=O)cc3F)cn2)n1. The topological polar surface area (TPSA) is 199 Å². The number of hydrogen-bond donors (Lipinski definition) is 3. The van der Waals surface area contributed by atoms with E-state index >= 15 is 0 Å². The average Bonchev–Trinajstić information content (AvgIpc) is 3.36. The molecule has 3 N–H and O–H groups in total. The minimum Gasteiger partial charge on any atom is -0.441 e. The zero-order valence-corrected chi connectivity index (χ0v) is 19.5. The number of cyclic esters (lactones) is 1. The summed E-state index contributed by atoms with van der Waals surface area (Å²) in [5.74, 6) is -0.344. The van der Waals surface area contributed by atoms with Crippen molar-refractivity contribution in [2.45, 2.75) is 6.10 Å². The molecule has 1 unspecified atom stereocenters. The van der Waals surface area contributed by atoms with Crippen LogP contribution in [-0.2, 0) is 29.7 Å². The maximum atomic E-state index is 14.9. The fourth-order valence-corrected chi connectivity index (χ4v) is 4.75. The Balaban J connectivity index is 1.43. The fourth-order valence-electron chi connectivity index (χ4n) is 3.13. The third-order valence-corrected chi connectivity index (χ3v) is 6.74. The van der Waals surface area contributed by atoms with Gasteiger partial charge < -0.3 is 19.4 Å². The third-order valence-electron chi connectivity index (χ3n) is 4.58. The van der Waals surface area contributed by atoms with Crippen LogP contribution in [0.25, 0.3) is 22.6 Å². The molecule has 2 aromatic heterocycles. The van der Waals surface area contributed by atoms with Gasteiger partial charge in [-0.15, -0.1) is 10.2 Å². The lowest BCUT2D eigenvalue weighted by atomic mass is 10.1. The largest absolute Gasteiger partial charge is 0.481 e. The van der Waals surface area contributed by atoms with E-state index in [1.165, 1.54) is 23.1 Å². The Bertz CT molecular complexity index is 1350. The second-order valence-electron chi connectivity index (χ2n) is 7.15. The monoisotopic (exact) mass is 530 g/mol. The van der Waals surface area contributed by atoms with Crippen LogP contribution < -0.4 is 4.90 Å². The Morgan fingerprint density at radius 2 is 2.00 bits per heavy atom. The highest BCUT2D eigenvalue weighted by Gasteiger charge is 2.37. The van der Waals surface area contributed by atoms with Gasteiger partial charge in [-0.3, -0.25) is 14.4 Å². The maximum Gasteiger partial charge on any atom is 0.481 e. The number of halogens is 1. The molecule has 1 aliphatic rings. The van der Waals surface area contributed by atoms with Gasteiger partial charge in [-0.1, -0.05) is 6.07 Å². The molecule has 0 spiro atoms. The molecule has 0 saturated carbocycles. The standard InChI is InChI=1S/C17H17FN6O9P2/c1-23-21-16(20-22-23)15-5-2-10(7-19-15)13-4-3-11(6-14(13)18)24-8-12(32-17(24)25)9-31-35(29,30)33-34(26,27)28/h2-7,12H,8-9H2,1H3,(H,29,30)(H2,26,27,28)/t12-/m0/s1. The number of pyridine rings is 1. The average molecular weight is 530 g/mol. The number of phosphoric ester groups is 1. The first-order chi connectivity index (χ1) is 16.4. The number of carbonyl (C=O) groups excluding carboxylic acids is 1. The second-order valence-corrected chi connectivity index (χ2v) is 9.98. The Morgan fingerprint density at radius 3 is 2.60 bits per heavy atom. The Kier molecular flexibility index (Phi) is 6.79. The lowest BCUT2D eigenvalue weighted by Crippen LogP contribution is -2.25. The van der Waals surface area contributed by atoms with Gasteiger partial charge >= 0.3 is 21.7 Å². The number of aromatic nitrogens is 5. The summed E-state index contributed by atoms with van der Waals surface area (Å²) in [6, 6.07) is 7.24. The number of aryl methyl sites for hydroxylation is 1. The van der Waals surface area contributed by atoms with Gasteiger partial charge in [0.05, 0.1) is 25.9 Å². The minimum atomic E-state index is -5.29. The summed E-state index contributed by atoms with van der Waals surface area (Å²) in [6.45, 7) is -0.885. The lowest BCUT2D eigenvalue weighted by Gasteiger charge is -2.15. The van der Waals surface area contributed by atoms with E-state index in [4.69, 9.17) is 14.5 Å². The van der Waals surface area contributed by atoms with Crippen molar-refractivity contribution in [3.05, 3.63) is 42.3 Å². The summed E-state index contributed by atoms with van der Waals surface area (Å²) >= 11 is 0. The number of ether oxygens (including phenoxy) is 1. The van der Waals surface area contributed by atoms with E-state index in [1.54, 1.807) is 19.2 Å². The van der Waals surface area contributed by atoms with Crippen LogP contribution in [-0.4, -0.2) is 65.2 Å². The summed E-state index contributed by atoms with van der Waals surface area (Å²) < 4.78 is 50.2. The molecule has 0 aliphatic carbocycles. The lowest BCUT2D eigenvalue weighted by molar-refractivity contribution is 0.0865. The van der Waals surface area contributed by atoms with E-state index in [-0.39, 0.29) is 17.8 Å². The quantitative estimate of drug-likeness (QED) is 0.355. The van der Waals surface area contributed by atoms with Crippen LogP contribution in [0.2, 0.25) is 0 Å². The van der Waals surface area contributed by atoms with Crippen LogP contribution in [0.3, 0.4) is 0 Å². The van der Waals surface area contributed by atoms with E-state index in [0.29, 0.717) is 17.1 Å². The van der Waals surface area contributed by atoms with Crippen molar-refractivity contribution >= 4 is 27.4 Å². The number of nitrogens with zero attached hydrogens (tertiary/aromatic N) is 6. The molecule has 1 aromatic carbocycles. The first-order valence-electron chi connectivity index (χ1n) is 9.63. The number of anilines is 1. The maximum absolute atomic E-state index is 14.9. The molecule has 15 nitrogen and oxygen atoms in total. The summed E-state index contributed by atoms with van der Waals surface area (Å²) in [5, 5.41) is 11.6. The van der Waals surface area contributed by atoms with Crippen molar-refractivity contribution in [2.75, 3.05) is 18.1 Å². The zero-order chi connectivity index (χ0) is 25.4. The summed E-state index contributed by atoms with van der Waals surface area (Å²) in [7, 11) is -8.78. The minimum absolute atomic E-state index is 0.144. The summed E-state index contributed by atoms with van der Waals surface area (Å²) in [5.41, 5.74) is 1.26. The molecule has 3 aromatic rings. The van der Waals surface area contributed by atoms with Crippen molar-refractivity contribution in [3.63, 3.8) is 0 Å². The first kappa shape index (κ1) is 25.0. The first-order valence-corrected chi connectivity index (χ1v) is 12.7. The van der Waals surface area contributed by atoms with Crippen LogP contribution in [0.5, 0.6) is 0 Å². The van der Waals surface area contributed by atoms with Gasteiger partial charge in [-0.25, -0.2) is 18.3 Å². The highest BCUT2D eigenvalue weighted by molar-refractivity contribution is 7.60. The number of benzene rings is 1. The molecular formula is C17H17FN6O9P2. The van der Waals surface area contributed by atoms with Gasteiger partial charge in [0.25, 0.3) is 0 Å². The van der Waals surface area contributed by atoms with Crippen molar-refractivity contribution in [1.29, 1.82) is 0 Å². The van der Waals surface area contributed by atoms with Gasteiger partial charge in [0, 0.05) is 17.3 Å². The van der Waals surface area contributed by atoms with Crippen molar-refractivity contribution < 1.29 is 46.6 Å². The predicted molar refractivity (Wildman–Crippen MR) is 114 cm³/mol. The van der Waals surface area contributed by atoms with Gasteiger partial charge in [0.15, 0.2) is 0 Å². The van der Waals surface area contributed by atoms with Gasteiger partial charge in [-0.05, 0) is 29.5 Å². The fraction of sp³-hybridized carbons (Fsp3) is 0.235.